The van der Waals surface area contributed by atoms with Gasteiger partial charge in [0.2, 0.25) is 11.8 Å². The third kappa shape index (κ3) is 9.69. The minimum absolute atomic E-state index is 0.00424. The first-order chi connectivity index (χ1) is 25.5. The van der Waals surface area contributed by atoms with Gasteiger partial charge in [0.1, 0.15) is 23.5 Å². The highest BCUT2D eigenvalue weighted by molar-refractivity contribution is 5.82. The van der Waals surface area contributed by atoms with E-state index in [0.29, 0.717) is 12.8 Å². The minimum Gasteiger partial charge on any atom is -0.490 e. The quantitative estimate of drug-likeness (QED) is 0.173. The fourth-order valence-corrected chi connectivity index (χ4v) is 8.75. The second-order valence-electron chi connectivity index (χ2n) is 17.1. The summed E-state index contributed by atoms with van der Waals surface area (Å²) >= 11 is 0. The van der Waals surface area contributed by atoms with Crippen molar-refractivity contribution in [3.63, 3.8) is 0 Å². The summed E-state index contributed by atoms with van der Waals surface area (Å²) < 4.78 is 35.0. The maximum absolute atomic E-state index is 14.2. The molecular weight excluding hydrogens is 683 g/mol. The molecule has 3 aromatic rings. The lowest BCUT2D eigenvalue weighted by atomic mass is 9.73. The van der Waals surface area contributed by atoms with E-state index in [1.165, 1.54) is 12.1 Å². The van der Waals surface area contributed by atoms with Crippen molar-refractivity contribution in [2.75, 3.05) is 28.2 Å². The zero-order valence-corrected chi connectivity index (χ0v) is 33.7. The lowest BCUT2D eigenvalue weighted by Gasteiger charge is -2.46. The maximum atomic E-state index is 14.2. The molecule has 0 bridgehead atoms. The largest absolute Gasteiger partial charge is 0.490 e. The number of hydrogen-bond acceptors (Lipinski definition) is 5. The molecule has 2 saturated carbocycles. The SMILES string of the molecule is Cc1ccc(C)c(OC(CCC(C)(C)C(=O)NC2CCC(c3cccc(F)c3)(N(C)C)CC2)CC(=O)NC2CCC(c3cccc(F)c3)(N(C)C)CC2)c1. The Balaban J connectivity index is 1.20. The van der Waals surface area contributed by atoms with Crippen LogP contribution in [0.3, 0.4) is 0 Å². The van der Waals surface area contributed by atoms with E-state index in [4.69, 9.17) is 4.74 Å². The molecule has 1 atom stereocenters. The average Bonchev–Trinajstić information content (AvgIpc) is 3.12. The molecular formula is C45H62F2N4O3. The molecule has 1 unspecified atom stereocenters. The van der Waals surface area contributed by atoms with E-state index >= 15 is 0 Å². The monoisotopic (exact) mass is 744 g/mol. The molecule has 2 aliphatic rings. The number of benzene rings is 3. The number of ether oxygens (including phenoxy) is 1. The standard InChI is InChI=1S/C45H62F2N4O3/c1-31-15-16-32(2)40(27-31)54-39(30-41(52)48-37-17-23-44(24-18-37,50(5)6)33-11-9-13-35(46)28-33)21-22-43(3,4)42(53)49-38-19-25-45(26-20-38,51(7)8)34-12-10-14-36(47)29-34/h9-16,27-29,37-39H,17-26,30H2,1-8H3,(H,48,52)(H,49,53). The molecule has 9 heteroatoms. The van der Waals surface area contributed by atoms with Crippen LogP contribution in [0.25, 0.3) is 0 Å². The molecule has 0 aliphatic heterocycles. The molecule has 0 radical (unpaired) electrons. The molecule has 7 nitrogen and oxygen atoms in total. The summed E-state index contributed by atoms with van der Waals surface area (Å²) in [5, 5.41) is 6.63. The lowest BCUT2D eigenvalue weighted by Crippen LogP contribution is -2.50. The topological polar surface area (TPSA) is 73.9 Å². The van der Waals surface area contributed by atoms with E-state index in [9.17, 15) is 18.4 Å². The van der Waals surface area contributed by atoms with Crippen molar-refractivity contribution >= 4 is 11.8 Å². The fraction of sp³-hybridized carbons (Fsp3) is 0.556. The second-order valence-corrected chi connectivity index (χ2v) is 17.1. The smallest absolute Gasteiger partial charge is 0.225 e. The zero-order valence-electron chi connectivity index (χ0n) is 33.7. The van der Waals surface area contributed by atoms with Crippen LogP contribution in [0.1, 0.15) is 107 Å². The summed E-state index contributed by atoms with van der Waals surface area (Å²) in [4.78, 5) is 31.8. The van der Waals surface area contributed by atoms with Gasteiger partial charge in [-0.25, -0.2) is 8.78 Å². The molecule has 2 amide bonds. The van der Waals surface area contributed by atoms with Gasteiger partial charge in [0.25, 0.3) is 0 Å². The maximum Gasteiger partial charge on any atom is 0.225 e. The third-order valence-corrected chi connectivity index (χ3v) is 12.5. The molecule has 0 heterocycles. The van der Waals surface area contributed by atoms with Gasteiger partial charge in [-0.05, 0) is 159 Å². The fourth-order valence-electron chi connectivity index (χ4n) is 8.75. The van der Waals surface area contributed by atoms with E-state index < -0.39 is 11.5 Å². The van der Waals surface area contributed by atoms with Gasteiger partial charge in [-0.1, -0.05) is 50.2 Å². The number of rotatable bonds is 14. The Kier molecular flexibility index (Phi) is 13.3. The molecule has 3 aromatic carbocycles. The zero-order chi connectivity index (χ0) is 39.3. The van der Waals surface area contributed by atoms with Crippen LogP contribution in [0.4, 0.5) is 8.78 Å². The Morgan fingerprint density at radius 2 is 1.28 bits per heavy atom. The molecule has 54 heavy (non-hydrogen) atoms. The normalized spacial score (nSPS) is 23.9. The summed E-state index contributed by atoms with van der Waals surface area (Å²) in [6, 6.07) is 19.9. The Morgan fingerprint density at radius 1 is 0.778 bits per heavy atom. The molecule has 5 rings (SSSR count). The Bertz CT molecular complexity index is 1740. The van der Waals surface area contributed by atoms with E-state index in [2.05, 4.69) is 20.4 Å². The number of nitrogens with one attached hydrogen (secondary N) is 2. The molecule has 2 fully saturated rings. The lowest BCUT2D eigenvalue weighted by molar-refractivity contribution is -0.131. The summed E-state index contributed by atoms with van der Waals surface area (Å²) in [5.74, 6) is 0.220. The highest BCUT2D eigenvalue weighted by Crippen LogP contribution is 2.43. The van der Waals surface area contributed by atoms with Gasteiger partial charge in [0.05, 0.1) is 6.42 Å². The second kappa shape index (κ2) is 17.3. The number of amides is 2. The van der Waals surface area contributed by atoms with Crippen LogP contribution in [-0.4, -0.2) is 68.0 Å². The average molecular weight is 745 g/mol. The highest BCUT2D eigenvalue weighted by Gasteiger charge is 2.41. The predicted molar refractivity (Wildman–Crippen MR) is 212 cm³/mol. The number of nitrogens with zero attached hydrogens (tertiary/aromatic N) is 2. The van der Waals surface area contributed by atoms with Gasteiger partial charge in [-0.2, -0.15) is 0 Å². The number of aryl methyl sites for hydroxylation is 2. The van der Waals surface area contributed by atoms with Gasteiger partial charge in [0.15, 0.2) is 0 Å². The highest BCUT2D eigenvalue weighted by atomic mass is 19.1. The number of hydrogen-bond donors (Lipinski definition) is 2. The van der Waals surface area contributed by atoms with Crippen LogP contribution >= 0.6 is 0 Å². The molecule has 2 aliphatic carbocycles. The Hall–Kier alpha value is -3.82. The van der Waals surface area contributed by atoms with E-state index in [1.54, 1.807) is 24.3 Å². The summed E-state index contributed by atoms with van der Waals surface area (Å²) in [7, 11) is 8.18. The van der Waals surface area contributed by atoms with E-state index in [0.717, 1.165) is 79.4 Å². The van der Waals surface area contributed by atoms with Crippen molar-refractivity contribution in [1.29, 1.82) is 0 Å². The van der Waals surface area contributed by atoms with Crippen LogP contribution in [-0.2, 0) is 20.7 Å². The van der Waals surface area contributed by atoms with Crippen molar-refractivity contribution < 1.29 is 23.1 Å². The van der Waals surface area contributed by atoms with Gasteiger partial charge < -0.3 is 15.4 Å². The number of carbonyl (C=O) groups excluding carboxylic acids is 2. The summed E-state index contributed by atoms with van der Waals surface area (Å²) in [5.41, 5.74) is 2.78. The molecule has 2 N–H and O–H groups in total. The van der Waals surface area contributed by atoms with Crippen LogP contribution in [0.15, 0.2) is 66.7 Å². The van der Waals surface area contributed by atoms with Gasteiger partial charge in [0, 0.05) is 28.6 Å². The van der Waals surface area contributed by atoms with Crippen LogP contribution in [0, 0.1) is 30.9 Å². The first-order valence-electron chi connectivity index (χ1n) is 19.7. The molecule has 0 aromatic heterocycles. The minimum atomic E-state index is -0.686. The first kappa shape index (κ1) is 41.3. The first-order valence-corrected chi connectivity index (χ1v) is 19.7. The van der Waals surface area contributed by atoms with Crippen LogP contribution in [0.5, 0.6) is 5.75 Å². The van der Waals surface area contributed by atoms with Gasteiger partial charge in [-0.15, -0.1) is 0 Å². The van der Waals surface area contributed by atoms with E-state index in [-0.39, 0.29) is 53.0 Å². The van der Waals surface area contributed by atoms with Gasteiger partial charge in [-0.3, -0.25) is 19.4 Å². The Morgan fingerprint density at radius 3 is 1.76 bits per heavy atom. The van der Waals surface area contributed by atoms with Crippen LogP contribution < -0.4 is 15.4 Å². The van der Waals surface area contributed by atoms with Crippen molar-refractivity contribution in [2.24, 2.45) is 5.41 Å². The molecule has 294 valence electrons. The Labute approximate surface area is 322 Å². The van der Waals surface area contributed by atoms with Crippen molar-refractivity contribution in [3.8, 4) is 5.75 Å². The number of halogens is 2. The summed E-state index contributed by atoms with van der Waals surface area (Å²) in [6.07, 6.45) is 7.26. The third-order valence-electron chi connectivity index (χ3n) is 12.5. The van der Waals surface area contributed by atoms with Crippen molar-refractivity contribution in [1.82, 2.24) is 20.4 Å². The van der Waals surface area contributed by atoms with Gasteiger partial charge >= 0.3 is 0 Å². The van der Waals surface area contributed by atoms with Crippen molar-refractivity contribution in [2.45, 2.75) is 128 Å². The predicted octanol–water partition coefficient (Wildman–Crippen LogP) is 8.56. The number of carbonyl (C=O) groups is 2. The molecule has 0 spiro atoms. The molecule has 0 saturated heterocycles. The summed E-state index contributed by atoms with van der Waals surface area (Å²) in [6.45, 7) is 7.96. The van der Waals surface area contributed by atoms with Crippen LogP contribution in [0.2, 0.25) is 0 Å². The van der Waals surface area contributed by atoms with Crippen molar-refractivity contribution in [3.05, 3.63) is 101 Å². The van der Waals surface area contributed by atoms with E-state index in [1.807, 2.05) is 86.2 Å².